The minimum absolute atomic E-state index is 0.750. The van der Waals surface area contributed by atoms with E-state index in [0.717, 1.165) is 12.8 Å². The van der Waals surface area contributed by atoms with E-state index in [2.05, 4.69) is 31.4 Å². The van der Waals surface area contributed by atoms with Gasteiger partial charge in [-0.15, -0.1) is 0 Å². The first-order chi connectivity index (χ1) is 6.33. The van der Waals surface area contributed by atoms with Crippen LogP contribution >= 0.6 is 0 Å². The lowest BCUT2D eigenvalue weighted by atomic mass is 10.2. The summed E-state index contributed by atoms with van der Waals surface area (Å²) in [5.74, 6) is 0. The molecule has 3 heteroatoms. The number of hydrogen-bond acceptors (Lipinski definition) is 1. The van der Waals surface area contributed by atoms with Gasteiger partial charge < -0.3 is 4.43 Å². The minimum Gasteiger partial charge on any atom is -0.348 e. The Bertz CT molecular complexity index is 237. The lowest BCUT2D eigenvalue weighted by Gasteiger charge is -2.23. The fraction of sp³-hybridized carbons (Fsp3) is 0.727. The van der Waals surface area contributed by atoms with E-state index in [1.54, 1.807) is 0 Å². The summed E-state index contributed by atoms with van der Waals surface area (Å²) in [6, 6.07) is 0. The predicted octanol–water partition coefficient (Wildman–Crippen LogP) is 3.83. The third-order valence-electron chi connectivity index (χ3n) is 1.62. The van der Waals surface area contributed by atoms with Gasteiger partial charge >= 0.3 is 5.72 Å². The highest BCUT2D eigenvalue weighted by atomic mass is 28.4. The molecule has 0 aromatic rings. The normalized spacial score (nSPS) is 16.6. The molecule has 0 aromatic heterocycles. The van der Waals surface area contributed by atoms with Gasteiger partial charge in [0.25, 0.3) is 0 Å². The van der Waals surface area contributed by atoms with Crippen molar-refractivity contribution in [1.29, 1.82) is 0 Å². The zero-order valence-electron chi connectivity index (χ0n) is 9.92. The second kappa shape index (κ2) is 5.33. The molecule has 0 spiro atoms. The molecule has 2 nitrogen and oxygen atoms in total. The van der Waals surface area contributed by atoms with E-state index < -0.39 is 14.0 Å². The molecule has 0 radical (unpaired) electrons. The molecule has 0 saturated heterocycles. The molecule has 0 rings (SSSR count). The Labute approximate surface area is 88.9 Å². The van der Waals surface area contributed by atoms with Crippen LogP contribution in [0.4, 0.5) is 0 Å². The molecule has 0 amide bonds. The monoisotopic (exact) mass is 211 g/mol. The first-order valence-electron chi connectivity index (χ1n) is 5.09. The Kier molecular flexibility index (Phi) is 5.10. The fourth-order valence-corrected chi connectivity index (χ4v) is 2.54. The molecule has 0 aliphatic heterocycles. The van der Waals surface area contributed by atoms with Crippen LogP contribution < -0.4 is 0 Å². The Balaban J connectivity index is 4.43. The summed E-state index contributed by atoms with van der Waals surface area (Å²) in [4.78, 5) is 3.55. The summed E-state index contributed by atoms with van der Waals surface area (Å²) in [6.45, 7) is 17.4. The van der Waals surface area contributed by atoms with Crippen molar-refractivity contribution >= 4 is 8.32 Å². The maximum Gasteiger partial charge on any atom is 0.345 e. The molecule has 1 unspecified atom stereocenters. The maximum absolute atomic E-state index is 7.14. The number of allylic oxidation sites excluding steroid dienone is 1. The quantitative estimate of drug-likeness (QED) is 0.383. The molecule has 14 heavy (non-hydrogen) atoms. The summed E-state index contributed by atoms with van der Waals surface area (Å²) in [5.41, 5.74) is -0.750. The molecular formula is C11H21NOSi. The molecule has 0 saturated carbocycles. The van der Waals surface area contributed by atoms with Gasteiger partial charge in [0.15, 0.2) is 8.32 Å². The van der Waals surface area contributed by atoms with Gasteiger partial charge in [0.2, 0.25) is 0 Å². The fourth-order valence-electron chi connectivity index (χ4n) is 1.18. The van der Waals surface area contributed by atoms with E-state index >= 15 is 0 Å². The molecule has 1 atom stereocenters. The van der Waals surface area contributed by atoms with Gasteiger partial charge in [0.1, 0.15) is 0 Å². The standard InChI is InChI=1S/C11H21NOSi/c1-7-8-9-10-11(2,12-3)13-14(4,5)6/h9-10H,7-8H2,1-2,4-6H3/b10-9+. The van der Waals surface area contributed by atoms with Gasteiger partial charge in [-0.1, -0.05) is 19.4 Å². The number of nitrogens with zero attached hydrogens (tertiary/aromatic N) is 1. The van der Waals surface area contributed by atoms with Crippen LogP contribution in [0.5, 0.6) is 0 Å². The molecule has 0 fully saturated rings. The van der Waals surface area contributed by atoms with Crippen LogP contribution in [0.15, 0.2) is 12.2 Å². The topological polar surface area (TPSA) is 13.6 Å². The van der Waals surface area contributed by atoms with E-state index in [4.69, 9.17) is 11.0 Å². The van der Waals surface area contributed by atoms with E-state index in [9.17, 15) is 0 Å². The molecule has 0 aliphatic rings. The Morgan fingerprint density at radius 2 is 2.00 bits per heavy atom. The van der Waals surface area contributed by atoms with Crippen molar-refractivity contribution in [3.05, 3.63) is 23.6 Å². The molecule has 80 valence electrons. The van der Waals surface area contributed by atoms with E-state index in [0.29, 0.717) is 0 Å². The highest BCUT2D eigenvalue weighted by molar-refractivity contribution is 6.69. The molecular weight excluding hydrogens is 190 g/mol. The maximum atomic E-state index is 7.14. The predicted molar refractivity (Wildman–Crippen MR) is 63.5 cm³/mol. The zero-order chi connectivity index (χ0) is 11.2. The Morgan fingerprint density at radius 3 is 2.36 bits per heavy atom. The van der Waals surface area contributed by atoms with Crippen LogP contribution in [-0.2, 0) is 4.43 Å². The van der Waals surface area contributed by atoms with Gasteiger partial charge in [0, 0.05) is 13.0 Å². The summed E-state index contributed by atoms with van der Waals surface area (Å²) in [5, 5.41) is 0. The first-order valence-corrected chi connectivity index (χ1v) is 8.50. The third-order valence-corrected chi connectivity index (χ3v) is 2.64. The van der Waals surface area contributed by atoms with Crippen LogP contribution in [0.25, 0.3) is 4.85 Å². The van der Waals surface area contributed by atoms with Crippen LogP contribution in [0.3, 0.4) is 0 Å². The van der Waals surface area contributed by atoms with Crippen molar-refractivity contribution < 1.29 is 4.43 Å². The highest BCUT2D eigenvalue weighted by Gasteiger charge is 2.34. The second-order valence-electron chi connectivity index (χ2n) is 4.57. The van der Waals surface area contributed by atoms with E-state index in [1.165, 1.54) is 0 Å². The van der Waals surface area contributed by atoms with Gasteiger partial charge in [0.05, 0.1) is 0 Å². The van der Waals surface area contributed by atoms with Crippen LogP contribution in [0.2, 0.25) is 19.6 Å². The van der Waals surface area contributed by atoms with Crippen molar-refractivity contribution in [2.75, 3.05) is 0 Å². The summed E-state index contributed by atoms with van der Waals surface area (Å²) in [7, 11) is -1.64. The average Bonchev–Trinajstić information content (AvgIpc) is 2.02. The van der Waals surface area contributed by atoms with E-state index in [-0.39, 0.29) is 0 Å². The molecule has 0 bridgehead atoms. The van der Waals surface area contributed by atoms with Crippen molar-refractivity contribution in [1.82, 2.24) is 0 Å². The van der Waals surface area contributed by atoms with Gasteiger partial charge in [-0.05, 0) is 26.1 Å². The van der Waals surface area contributed by atoms with Gasteiger partial charge in [-0.3, -0.25) is 4.85 Å². The molecule has 0 aromatic carbocycles. The molecule has 0 aliphatic carbocycles. The third kappa shape index (κ3) is 5.95. The highest BCUT2D eigenvalue weighted by Crippen LogP contribution is 2.21. The van der Waals surface area contributed by atoms with Crippen LogP contribution in [0.1, 0.15) is 26.7 Å². The SMILES string of the molecule is [C-]#[N+]C(C)(/C=C/CCC)O[Si](C)(C)C. The summed E-state index contributed by atoms with van der Waals surface area (Å²) >= 11 is 0. The number of unbranched alkanes of at least 4 members (excludes halogenated alkanes) is 1. The van der Waals surface area contributed by atoms with Gasteiger partial charge in [-0.25, -0.2) is 6.57 Å². The van der Waals surface area contributed by atoms with Crippen molar-refractivity contribution in [2.24, 2.45) is 0 Å². The lowest BCUT2D eigenvalue weighted by molar-refractivity contribution is 0.181. The number of rotatable bonds is 5. The van der Waals surface area contributed by atoms with Crippen molar-refractivity contribution in [3.63, 3.8) is 0 Å². The smallest absolute Gasteiger partial charge is 0.345 e. The first kappa shape index (κ1) is 13.4. The largest absolute Gasteiger partial charge is 0.348 e. The summed E-state index contributed by atoms with van der Waals surface area (Å²) < 4.78 is 5.82. The molecule has 0 N–H and O–H groups in total. The Hall–Kier alpha value is -0.593. The van der Waals surface area contributed by atoms with Crippen LogP contribution in [-0.4, -0.2) is 14.0 Å². The van der Waals surface area contributed by atoms with Crippen LogP contribution in [0, 0.1) is 6.57 Å². The van der Waals surface area contributed by atoms with Gasteiger partial charge in [-0.2, -0.15) is 0 Å². The van der Waals surface area contributed by atoms with Crippen molar-refractivity contribution in [3.8, 4) is 0 Å². The lowest BCUT2D eigenvalue weighted by Crippen LogP contribution is -2.36. The number of hydrogen-bond donors (Lipinski definition) is 0. The zero-order valence-corrected chi connectivity index (χ0v) is 10.9. The minimum atomic E-state index is -1.64. The molecule has 0 heterocycles. The van der Waals surface area contributed by atoms with Crippen molar-refractivity contribution in [2.45, 2.75) is 52.1 Å². The summed E-state index contributed by atoms with van der Waals surface area (Å²) in [6.07, 6.45) is 6.05. The average molecular weight is 211 g/mol. The second-order valence-corrected chi connectivity index (χ2v) is 9.00. The Morgan fingerprint density at radius 1 is 1.43 bits per heavy atom. The van der Waals surface area contributed by atoms with E-state index in [1.807, 2.05) is 19.1 Å².